The van der Waals surface area contributed by atoms with E-state index in [0.29, 0.717) is 17.1 Å². The van der Waals surface area contributed by atoms with Gasteiger partial charge in [-0.25, -0.2) is 0 Å². The average molecular weight is 289 g/mol. The second-order valence-corrected chi connectivity index (χ2v) is 5.86. The molecule has 0 fully saturated rings. The van der Waals surface area contributed by atoms with Crippen molar-refractivity contribution in [1.82, 2.24) is 4.98 Å². The van der Waals surface area contributed by atoms with Crippen LogP contribution < -0.4 is 16.0 Å². The number of rotatable bonds is 3. The van der Waals surface area contributed by atoms with Crippen LogP contribution in [0, 0.1) is 5.82 Å². The Kier molecular flexibility index (Phi) is 4.11. The minimum Gasteiger partial charge on any atom is -0.397 e. The normalized spacial score (nSPS) is 11.4. The van der Waals surface area contributed by atoms with E-state index in [1.807, 2.05) is 33.8 Å². The van der Waals surface area contributed by atoms with Gasteiger partial charge in [-0.15, -0.1) is 0 Å². The molecule has 0 spiro atoms. The average Bonchev–Trinajstić information content (AvgIpc) is 2.36. The lowest BCUT2D eigenvalue weighted by Gasteiger charge is -2.13. The second kappa shape index (κ2) is 5.68. The summed E-state index contributed by atoms with van der Waals surface area (Å²) in [6.45, 7) is 7.97. The summed E-state index contributed by atoms with van der Waals surface area (Å²) in [7, 11) is 0. The summed E-state index contributed by atoms with van der Waals surface area (Å²) in [5, 5.41) is 0. The number of pyridine rings is 2. The fourth-order valence-corrected chi connectivity index (χ4v) is 2.46. The molecule has 0 aliphatic heterocycles. The van der Waals surface area contributed by atoms with E-state index in [1.165, 1.54) is 6.07 Å². The lowest BCUT2D eigenvalue weighted by molar-refractivity contribution is -0.607. The van der Waals surface area contributed by atoms with Crippen molar-refractivity contribution in [3.8, 4) is 5.69 Å². The summed E-state index contributed by atoms with van der Waals surface area (Å²) in [6, 6.07) is 3.16. The molecule has 0 unspecified atom stereocenters. The van der Waals surface area contributed by atoms with Gasteiger partial charge in [-0.1, -0.05) is 27.7 Å². The molecule has 4 nitrogen and oxygen atoms in total. The van der Waals surface area contributed by atoms with Crippen LogP contribution in [0.5, 0.6) is 0 Å². The third-order valence-electron chi connectivity index (χ3n) is 3.35. The van der Waals surface area contributed by atoms with Crippen LogP contribution in [0.1, 0.15) is 50.9 Å². The molecule has 2 aromatic rings. The number of hydrogen-bond donors (Lipinski definition) is 2. The van der Waals surface area contributed by atoms with E-state index in [4.69, 9.17) is 11.5 Å². The molecular formula is C16H22FN4+. The monoisotopic (exact) mass is 289 g/mol. The van der Waals surface area contributed by atoms with E-state index in [-0.39, 0.29) is 17.7 Å². The molecule has 0 aliphatic carbocycles. The summed E-state index contributed by atoms with van der Waals surface area (Å²) in [5.74, 6) is -0.119. The maximum Gasteiger partial charge on any atom is 0.234 e. The van der Waals surface area contributed by atoms with Crippen molar-refractivity contribution in [2.24, 2.45) is 0 Å². The van der Waals surface area contributed by atoms with Crippen LogP contribution >= 0.6 is 0 Å². The van der Waals surface area contributed by atoms with Crippen LogP contribution in [0.2, 0.25) is 0 Å². The van der Waals surface area contributed by atoms with Crippen molar-refractivity contribution in [1.29, 1.82) is 0 Å². The van der Waals surface area contributed by atoms with Crippen LogP contribution in [0.3, 0.4) is 0 Å². The minimum atomic E-state index is -0.317. The number of nitrogen functional groups attached to an aromatic ring is 2. The number of hydrogen-bond acceptors (Lipinski definition) is 3. The zero-order chi connectivity index (χ0) is 15.7. The van der Waals surface area contributed by atoms with Crippen LogP contribution in [-0.2, 0) is 0 Å². The smallest absolute Gasteiger partial charge is 0.234 e. The zero-order valence-corrected chi connectivity index (χ0v) is 12.9. The molecule has 0 amide bonds. The highest BCUT2D eigenvalue weighted by Gasteiger charge is 2.27. The SMILES string of the molecule is CC(C)c1ncc(N)cc1-[n+]1cc(N)cc(F)c1C(C)C. The summed E-state index contributed by atoms with van der Waals surface area (Å²) in [6.07, 6.45) is 3.35. The van der Waals surface area contributed by atoms with E-state index < -0.39 is 0 Å². The molecule has 0 radical (unpaired) electrons. The first-order valence-corrected chi connectivity index (χ1v) is 7.07. The molecule has 0 saturated carbocycles. The van der Waals surface area contributed by atoms with Gasteiger partial charge in [0.05, 0.1) is 17.6 Å². The van der Waals surface area contributed by atoms with Crippen molar-refractivity contribution >= 4 is 11.4 Å². The molecule has 112 valence electrons. The molecule has 0 aromatic carbocycles. The Morgan fingerprint density at radius 2 is 1.71 bits per heavy atom. The molecule has 2 heterocycles. The minimum absolute atomic E-state index is 0.00652. The van der Waals surface area contributed by atoms with Gasteiger partial charge in [0.1, 0.15) is 5.69 Å². The fourth-order valence-electron chi connectivity index (χ4n) is 2.46. The molecule has 5 heteroatoms. The Balaban J connectivity index is 2.80. The summed E-state index contributed by atoms with van der Waals surface area (Å²) < 4.78 is 16.1. The lowest BCUT2D eigenvalue weighted by Crippen LogP contribution is -2.39. The highest BCUT2D eigenvalue weighted by atomic mass is 19.1. The fraction of sp³-hybridized carbons (Fsp3) is 0.375. The molecule has 0 atom stereocenters. The predicted octanol–water partition coefficient (Wildman–Crippen LogP) is 2.91. The standard InChI is InChI=1S/C16H22FN4/c1-9(2)15-14(6-11(18)7-20-15)21-8-12(19)5-13(17)16(21)10(3)4/h5-10H,18-19H2,1-4H3/q+1. The number of anilines is 2. The number of halogens is 1. The number of aromatic nitrogens is 2. The van der Waals surface area contributed by atoms with Crippen LogP contribution in [0.25, 0.3) is 5.69 Å². The molecule has 0 aliphatic rings. The predicted molar refractivity (Wildman–Crippen MR) is 82.7 cm³/mol. The first-order valence-electron chi connectivity index (χ1n) is 7.07. The zero-order valence-electron chi connectivity index (χ0n) is 12.9. The van der Waals surface area contributed by atoms with Gasteiger partial charge in [-0.2, -0.15) is 8.96 Å². The first kappa shape index (κ1) is 15.2. The second-order valence-electron chi connectivity index (χ2n) is 5.86. The molecule has 0 saturated heterocycles. The van der Waals surface area contributed by atoms with Crippen molar-refractivity contribution in [3.63, 3.8) is 0 Å². The van der Waals surface area contributed by atoms with E-state index >= 15 is 0 Å². The Morgan fingerprint density at radius 3 is 2.29 bits per heavy atom. The third kappa shape index (κ3) is 2.96. The molecular weight excluding hydrogens is 267 g/mol. The quantitative estimate of drug-likeness (QED) is 0.854. The van der Waals surface area contributed by atoms with E-state index in [2.05, 4.69) is 4.98 Å². The van der Waals surface area contributed by atoms with Gasteiger partial charge in [0.25, 0.3) is 0 Å². The Labute approximate surface area is 124 Å². The molecule has 4 N–H and O–H groups in total. The topological polar surface area (TPSA) is 68.8 Å². The van der Waals surface area contributed by atoms with Gasteiger partial charge >= 0.3 is 0 Å². The maximum atomic E-state index is 14.3. The third-order valence-corrected chi connectivity index (χ3v) is 3.35. The Morgan fingerprint density at radius 1 is 1.05 bits per heavy atom. The Hall–Kier alpha value is -2.17. The van der Waals surface area contributed by atoms with E-state index in [9.17, 15) is 4.39 Å². The van der Waals surface area contributed by atoms with Gasteiger partial charge in [0.2, 0.25) is 11.4 Å². The van der Waals surface area contributed by atoms with Crippen LogP contribution in [-0.4, -0.2) is 4.98 Å². The lowest BCUT2D eigenvalue weighted by atomic mass is 10.0. The van der Waals surface area contributed by atoms with Crippen LogP contribution in [0.15, 0.2) is 24.5 Å². The number of nitrogens with two attached hydrogens (primary N) is 2. The summed E-state index contributed by atoms with van der Waals surface area (Å²) in [4.78, 5) is 4.40. The largest absolute Gasteiger partial charge is 0.397 e. The highest BCUT2D eigenvalue weighted by Crippen LogP contribution is 2.23. The molecule has 2 rings (SSSR count). The maximum absolute atomic E-state index is 14.3. The number of nitrogens with zero attached hydrogens (tertiary/aromatic N) is 2. The highest BCUT2D eigenvalue weighted by molar-refractivity contribution is 5.46. The van der Waals surface area contributed by atoms with Gasteiger partial charge in [-0.3, -0.25) is 4.98 Å². The van der Waals surface area contributed by atoms with Crippen molar-refractivity contribution < 1.29 is 8.96 Å². The Bertz CT molecular complexity index is 666. The van der Waals surface area contributed by atoms with Crippen molar-refractivity contribution in [2.75, 3.05) is 11.5 Å². The van der Waals surface area contributed by atoms with Gasteiger partial charge < -0.3 is 11.5 Å². The molecule has 21 heavy (non-hydrogen) atoms. The van der Waals surface area contributed by atoms with E-state index in [0.717, 1.165) is 11.4 Å². The van der Waals surface area contributed by atoms with Crippen LogP contribution in [0.4, 0.5) is 15.8 Å². The molecule has 0 bridgehead atoms. The van der Waals surface area contributed by atoms with E-state index in [1.54, 1.807) is 17.0 Å². The van der Waals surface area contributed by atoms with Crippen molar-refractivity contribution in [2.45, 2.75) is 39.5 Å². The van der Waals surface area contributed by atoms with Gasteiger partial charge in [0, 0.05) is 24.0 Å². The van der Waals surface area contributed by atoms with Crippen molar-refractivity contribution in [3.05, 3.63) is 41.7 Å². The van der Waals surface area contributed by atoms with Gasteiger partial charge in [-0.05, 0) is 0 Å². The van der Waals surface area contributed by atoms with Gasteiger partial charge in [0.15, 0.2) is 12.0 Å². The first-order chi connectivity index (χ1) is 9.81. The molecule has 2 aromatic heterocycles. The summed E-state index contributed by atoms with van der Waals surface area (Å²) >= 11 is 0. The summed E-state index contributed by atoms with van der Waals surface area (Å²) in [5.41, 5.74) is 14.8.